The lowest BCUT2D eigenvalue weighted by Crippen LogP contribution is -2.09. The fourth-order valence-corrected chi connectivity index (χ4v) is 1.12. The summed E-state index contributed by atoms with van der Waals surface area (Å²) in [5.41, 5.74) is 0.460. The van der Waals surface area contributed by atoms with Crippen LogP contribution in [0, 0.1) is 0 Å². The summed E-state index contributed by atoms with van der Waals surface area (Å²) in [7, 11) is 4.49. The van der Waals surface area contributed by atoms with E-state index in [0.29, 0.717) is 11.6 Å². The van der Waals surface area contributed by atoms with Gasteiger partial charge in [-0.15, -0.1) is 0 Å². The van der Waals surface area contributed by atoms with E-state index in [4.69, 9.17) is 25.8 Å². The maximum absolute atomic E-state index is 5.65. The van der Waals surface area contributed by atoms with Crippen LogP contribution < -0.4 is 4.74 Å². The number of halogens is 1. The first-order valence-electron chi connectivity index (χ1n) is 3.85. The summed E-state index contributed by atoms with van der Waals surface area (Å²) in [5, 5.41) is 0.261. The van der Waals surface area contributed by atoms with Crippen molar-refractivity contribution >= 4 is 11.6 Å². The zero-order valence-corrected chi connectivity index (χ0v) is 8.91. The van der Waals surface area contributed by atoms with Crippen LogP contribution in [0.15, 0.2) is 6.20 Å². The topological polar surface area (TPSA) is 53.5 Å². The number of methoxy groups -OCH3 is 3. The molecule has 1 aromatic rings. The molecule has 6 heteroatoms. The maximum Gasteiger partial charge on any atom is 0.242 e. The van der Waals surface area contributed by atoms with Gasteiger partial charge in [0.05, 0.1) is 13.3 Å². The zero-order chi connectivity index (χ0) is 10.6. The van der Waals surface area contributed by atoms with E-state index in [1.165, 1.54) is 27.5 Å². The van der Waals surface area contributed by atoms with Crippen LogP contribution in [0.5, 0.6) is 5.88 Å². The average Bonchev–Trinajstić information content (AvgIpc) is 2.21. The highest BCUT2D eigenvalue weighted by atomic mass is 35.5. The number of aromatic nitrogens is 2. The summed E-state index contributed by atoms with van der Waals surface area (Å²) >= 11 is 5.65. The molecule has 1 heterocycles. The summed E-state index contributed by atoms with van der Waals surface area (Å²) in [6.07, 6.45) is 0.805. The third kappa shape index (κ3) is 2.31. The van der Waals surface area contributed by atoms with Gasteiger partial charge in [0.25, 0.3) is 0 Å². The van der Waals surface area contributed by atoms with E-state index in [9.17, 15) is 0 Å². The van der Waals surface area contributed by atoms with Crippen molar-refractivity contribution in [2.24, 2.45) is 0 Å². The number of rotatable bonds is 4. The van der Waals surface area contributed by atoms with Crippen molar-refractivity contribution in [3.05, 3.63) is 17.0 Å². The molecule has 1 rings (SSSR count). The second-order valence-corrected chi connectivity index (χ2v) is 2.78. The lowest BCUT2D eigenvalue weighted by molar-refractivity contribution is -0.110. The summed E-state index contributed by atoms with van der Waals surface area (Å²) in [6.45, 7) is 0. The molecular formula is C8H11ClN2O3. The third-order valence-corrected chi connectivity index (χ3v) is 1.76. The van der Waals surface area contributed by atoms with Gasteiger partial charge >= 0.3 is 0 Å². The summed E-state index contributed by atoms with van der Waals surface area (Å²) in [5.74, 6) is 0.297. The molecule has 1 aromatic heterocycles. The highest BCUT2D eigenvalue weighted by Gasteiger charge is 2.18. The van der Waals surface area contributed by atoms with Crippen molar-refractivity contribution in [2.75, 3.05) is 21.3 Å². The molecule has 0 amide bonds. The van der Waals surface area contributed by atoms with E-state index < -0.39 is 6.29 Å². The smallest absolute Gasteiger partial charge is 0.242 e. The van der Waals surface area contributed by atoms with Gasteiger partial charge in [-0.05, 0) is 0 Å². The summed E-state index contributed by atoms with van der Waals surface area (Å²) in [4.78, 5) is 7.95. The van der Waals surface area contributed by atoms with Crippen molar-refractivity contribution in [3.63, 3.8) is 0 Å². The number of hydrogen-bond acceptors (Lipinski definition) is 5. The van der Waals surface area contributed by atoms with E-state index in [-0.39, 0.29) is 5.15 Å². The minimum Gasteiger partial charge on any atom is -0.480 e. The van der Waals surface area contributed by atoms with E-state index in [1.807, 2.05) is 0 Å². The molecule has 0 spiro atoms. The SMILES string of the molecule is COc1nc(Cl)cnc1C(OC)OC. The molecule has 78 valence electrons. The second kappa shape index (κ2) is 5.09. The molecule has 0 bridgehead atoms. The third-order valence-electron chi connectivity index (χ3n) is 1.58. The molecule has 0 aliphatic carbocycles. The molecule has 0 unspecified atom stereocenters. The predicted octanol–water partition coefficient (Wildman–Crippen LogP) is 1.43. The zero-order valence-electron chi connectivity index (χ0n) is 8.15. The fourth-order valence-electron chi connectivity index (χ4n) is 0.993. The van der Waals surface area contributed by atoms with E-state index in [0.717, 1.165) is 0 Å². The molecule has 0 fully saturated rings. The lowest BCUT2D eigenvalue weighted by Gasteiger charge is -2.14. The molecule has 14 heavy (non-hydrogen) atoms. The molecule has 0 radical (unpaired) electrons. The van der Waals surface area contributed by atoms with Gasteiger partial charge in [0.15, 0.2) is 10.8 Å². The standard InChI is InChI=1S/C8H11ClN2O3/c1-12-7-6(8(13-2)14-3)10-4-5(9)11-7/h4,8H,1-3H3. The first kappa shape index (κ1) is 11.2. The Hall–Kier alpha value is -0.910. The van der Waals surface area contributed by atoms with Gasteiger partial charge in [-0.3, -0.25) is 0 Å². The predicted molar refractivity (Wildman–Crippen MR) is 50.4 cm³/mol. The molecule has 0 saturated carbocycles. The van der Waals surface area contributed by atoms with Crippen molar-refractivity contribution < 1.29 is 14.2 Å². The molecule has 0 atom stereocenters. The number of hydrogen-bond donors (Lipinski definition) is 0. The Kier molecular flexibility index (Phi) is 4.06. The van der Waals surface area contributed by atoms with Gasteiger partial charge in [-0.25, -0.2) is 4.98 Å². The van der Waals surface area contributed by atoms with Crippen LogP contribution in [0.3, 0.4) is 0 Å². The van der Waals surface area contributed by atoms with Crippen molar-refractivity contribution in [3.8, 4) is 5.88 Å². The van der Waals surface area contributed by atoms with Crippen molar-refractivity contribution in [2.45, 2.75) is 6.29 Å². The number of nitrogens with zero attached hydrogens (tertiary/aromatic N) is 2. The van der Waals surface area contributed by atoms with Crippen LogP contribution in [0.2, 0.25) is 5.15 Å². The van der Waals surface area contributed by atoms with Crippen LogP contribution in [-0.2, 0) is 9.47 Å². The summed E-state index contributed by atoms with van der Waals surface area (Å²) < 4.78 is 15.0. The van der Waals surface area contributed by atoms with E-state index in [1.54, 1.807) is 0 Å². The Morgan fingerprint density at radius 1 is 1.29 bits per heavy atom. The van der Waals surface area contributed by atoms with Crippen molar-refractivity contribution in [1.29, 1.82) is 0 Å². The van der Waals surface area contributed by atoms with Crippen LogP contribution in [0.25, 0.3) is 0 Å². The van der Waals surface area contributed by atoms with E-state index in [2.05, 4.69) is 9.97 Å². The minimum absolute atomic E-state index is 0.261. The Balaban J connectivity index is 3.06. The molecule has 0 aromatic carbocycles. The van der Waals surface area contributed by atoms with Gasteiger partial charge in [0, 0.05) is 14.2 Å². The monoisotopic (exact) mass is 218 g/mol. The van der Waals surface area contributed by atoms with Crippen LogP contribution in [0.4, 0.5) is 0 Å². The maximum atomic E-state index is 5.65. The average molecular weight is 219 g/mol. The lowest BCUT2D eigenvalue weighted by atomic mass is 10.4. The van der Waals surface area contributed by atoms with Gasteiger partial charge in [-0.2, -0.15) is 4.98 Å². The molecule has 0 saturated heterocycles. The Labute approximate surface area is 87.0 Å². The normalized spacial score (nSPS) is 10.6. The molecule has 5 nitrogen and oxygen atoms in total. The van der Waals surface area contributed by atoms with Gasteiger partial charge in [0.1, 0.15) is 0 Å². The van der Waals surface area contributed by atoms with E-state index >= 15 is 0 Å². The fraction of sp³-hybridized carbons (Fsp3) is 0.500. The first-order chi connectivity index (χ1) is 6.72. The molecule has 0 aliphatic rings. The van der Waals surface area contributed by atoms with Crippen LogP contribution >= 0.6 is 11.6 Å². The van der Waals surface area contributed by atoms with Crippen molar-refractivity contribution in [1.82, 2.24) is 9.97 Å². The Morgan fingerprint density at radius 3 is 2.43 bits per heavy atom. The first-order valence-corrected chi connectivity index (χ1v) is 4.22. The van der Waals surface area contributed by atoms with Crippen LogP contribution in [-0.4, -0.2) is 31.3 Å². The largest absolute Gasteiger partial charge is 0.480 e. The second-order valence-electron chi connectivity index (χ2n) is 2.39. The minimum atomic E-state index is -0.602. The highest BCUT2D eigenvalue weighted by molar-refractivity contribution is 6.29. The highest BCUT2D eigenvalue weighted by Crippen LogP contribution is 2.24. The van der Waals surface area contributed by atoms with Gasteiger partial charge in [0.2, 0.25) is 12.2 Å². The molecular weight excluding hydrogens is 208 g/mol. The molecule has 0 N–H and O–H groups in total. The quantitative estimate of drug-likeness (QED) is 0.716. The molecule has 0 aliphatic heterocycles. The number of ether oxygens (including phenoxy) is 3. The summed E-state index contributed by atoms with van der Waals surface area (Å²) in [6, 6.07) is 0. The van der Waals surface area contributed by atoms with Gasteiger partial charge < -0.3 is 14.2 Å². The van der Waals surface area contributed by atoms with Crippen LogP contribution in [0.1, 0.15) is 12.0 Å². The Bertz CT molecular complexity index is 305. The van der Waals surface area contributed by atoms with Gasteiger partial charge in [-0.1, -0.05) is 11.6 Å². The Morgan fingerprint density at radius 2 is 1.93 bits per heavy atom.